The molecule has 102 valence electrons. The summed E-state index contributed by atoms with van der Waals surface area (Å²) in [7, 11) is 0. The summed E-state index contributed by atoms with van der Waals surface area (Å²) < 4.78 is 5.68. The predicted octanol–water partition coefficient (Wildman–Crippen LogP) is 3.47. The molecule has 2 nitrogen and oxygen atoms in total. The molecule has 1 N–H and O–H groups in total. The lowest BCUT2D eigenvalue weighted by molar-refractivity contribution is 0.0295. The van der Waals surface area contributed by atoms with Gasteiger partial charge in [0.2, 0.25) is 0 Å². The fourth-order valence-electron chi connectivity index (χ4n) is 2.99. The number of hydrogen-bond donors (Lipinski definition) is 1. The monoisotopic (exact) mass is 241 g/mol. The maximum atomic E-state index is 5.68. The summed E-state index contributed by atoms with van der Waals surface area (Å²) in [6, 6.07) is 0. The Bertz CT molecular complexity index is 203. The fraction of sp³-hybridized carbons (Fsp3) is 1.00. The van der Waals surface area contributed by atoms with Crippen LogP contribution in [0.1, 0.15) is 53.4 Å². The Morgan fingerprint density at radius 3 is 2.65 bits per heavy atom. The van der Waals surface area contributed by atoms with E-state index in [0.717, 1.165) is 31.6 Å². The molecule has 1 rings (SSSR count). The smallest absolute Gasteiger partial charge is 0.0497 e. The summed E-state index contributed by atoms with van der Waals surface area (Å²) in [6.45, 7) is 13.3. The van der Waals surface area contributed by atoms with Gasteiger partial charge in [-0.1, -0.05) is 20.8 Å². The molecule has 0 aromatic rings. The van der Waals surface area contributed by atoms with E-state index in [1.54, 1.807) is 0 Å². The van der Waals surface area contributed by atoms with E-state index in [9.17, 15) is 0 Å². The van der Waals surface area contributed by atoms with E-state index in [2.05, 4.69) is 33.0 Å². The maximum absolute atomic E-state index is 5.68. The van der Waals surface area contributed by atoms with Crippen molar-refractivity contribution in [2.75, 3.05) is 26.3 Å². The highest BCUT2D eigenvalue weighted by molar-refractivity contribution is 4.85. The molecule has 0 spiro atoms. The van der Waals surface area contributed by atoms with Crippen molar-refractivity contribution in [3.05, 3.63) is 0 Å². The molecule has 0 aromatic heterocycles. The van der Waals surface area contributed by atoms with Crippen LogP contribution in [0.4, 0.5) is 0 Å². The van der Waals surface area contributed by atoms with Crippen LogP contribution in [-0.2, 0) is 4.74 Å². The summed E-state index contributed by atoms with van der Waals surface area (Å²) >= 11 is 0. The second-order valence-corrected chi connectivity index (χ2v) is 6.29. The van der Waals surface area contributed by atoms with Crippen molar-refractivity contribution in [1.82, 2.24) is 5.32 Å². The van der Waals surface area contributed by atoms with Crippen molar-refractivity contribution in [2.45, 2.75) is 53.4 Å². The van der Waals surface area contributed by atoms with E-state index in [1.165, 1.54) is 32.2 Å². The molecule has 0 saturated heterocycles. The Labute approximate surface area is 108 Å². The van der Waals surface area contributed by atoms with Crippen molar-refractivity contribution in [3.8, 4) is 0 Å². The Morgan fingerprint density at radius 1 is 1.24 bits per heavy atom. The lowest BCUT2D eigenvalue weighted by atomic mass is 9.67. The molecule has 2 unspecified atom stereocenters. The molecule has 2 atom stereocenters. The molecule has 0 radical (unpaired) electrons. The molecule has 0 bridgehead atoms. The Morgan fingerprint density at radius 2 is 2.00 bits per heavy atom. The van der Waals surface area contributed by atoms with Crippen molar-refractivity contribution in [2.24, 2.45) is 17.3 Å². The lowest BCUT2D eigenvalue weighted by Gasteiger charge is -2.41. The summed E-state index contributed by atoms with van der Waals surface area (Å²) in [5.41, 5.74) is 0.517. The van der Waals surface area contributed by atoms with E-state index in [-0.39, 0.29) is 0 Å². The molecular formula is C15H31NO. The zero-order valence-electron chi connectivity index (χ0n) is 12.2. The number of ether oxygens (including phenoxy) is 1. The first-order valence-corrected chi connectivity index (χ1v) is 7.37. The molecule has 1 aliphatic rings. The van der Waals surface area contributed by atoms with Gasteiger partial charge in [0.1, 0.15) is 0 Å². The van der Waals surface area contributed by atoms with Crippen molar-refractivity contribution >= 4 is 0 Å². The first-order chi connectivity index (χ1) is 8.09. The molecular weight excluding hydrogens is 210 g/mol. The van der Waals surface area contributed by atoms with E-state index in [1.807, 2.05) is 0 Å². The lowest BCUT2D eigenvalue weighted by Crippen LogP contribution is -2.38. The third kappa shape index (κ3) is 5.39. The summed E-state index contributed by atoms with van der Waals surface area (Å²) in [5, 5.41) is 3.58. The largest absolute Gasteiger partial charge is 0.381 e. The van der Waals surface area contributed by atoms with Gasteiger partial charge in [0.15, 0.2) is 0 Å². The molecule has 17 heavy (non-hydrogen) atoms. The van der Waals surface area contributed by atoms with Gasteiger partial charge in [-0.25, -0.2) is 0 Å². The van der Waals surface area contributed by atoms with Crippen LogP contribution in [-0.4, -0.2) is 26.3 Å². The topological polar surface area (TPSA) is 21.3 Å². The van der Waals surface area contributed by atoms with Crippen LogP contribution in [0.25, 0.3) is 0 Å². The highest BCUT2D eigenvalue weighted by atomic mass is 16.5. The van der Waals surface area contributed by atoms with Crippen LogP contribution in [0, 0.1) is 17.3 Å². The van der Waals surface area contributed by atoms with Crippen LogP contribution in [0.2, 0.25) is 0 Å². The third-order valence-corrected chi connectivity index (χ3v) is 4.04. The molecule has 0 heterocycles. The van der Waals surface area contributed by atoms with Crippen molar-refractivity contribution in [1.29, 1.82) is 0 Å². The van der Waals surface area contributed by atoms with Gasteiger partial charge >= 0.3 is 0 Å². The Kier molecular flexibility index (Phi) is 6.50. The van der Waals surface area contributed by atoms with Crippen LogP contribution in [0.3, 0.4) is 0 Å². The predicted molar refractivity (Wildman–Crippen MR) is 74.3 cm³/mol. The summed E-state index contributed by atoms with van der Waals surface area (Å²) in [6.07, 6.45) is 5.29. The van der Waals surface area contributed by atoms with Crippen LogP contribution in [0.5, 0.6) is 0 Å². The first-order valence-electron chi connectivity index (χ1n) is 7.37. The molecule has 0 aromatic carbocycles. The van der Waals surface area contributed by atoms with Gasteiger partial charge in [-0.05, 0) is 62.9 Å². The van der Waals surface area contributed by atoms with Crippen molar-refractivity contribution < 1.29 is 4.74 Å². The van der Waals surface area contributed by atoms with Crippen molar-refractivity contribution in [3.63, 3.8) is 0 Å². The second kappa shape index (κ2) is 7.38. The first kappa shape index (κ1) is 15.0. The quantitative estimate of drug-likeness (QED) is 0.689. The van der Waals surface area contributed by atoms with Gasteiger partial charge in [-0.2, -0.15) is 0 Å². The molecule has 1 fully saturated rings. The minimum Gasteiger partial charge on any atom is -0.381 e. The Hall–Kier alpha value is -0.0800. The molecule has 0 aliphatic heterocycles. The minimum atomic E-state index is 0.517. The molecule has 1 saturated carbocycles. The van der Waals surface area contributed by atoms with E-state index in [4.69, 9.17) is 4.74 Å². The number of hydrogen-bond acceptors (Lipinski definition) is 2. The zero-order valence-corrected chi connectivity index (χ0v) is 12.2. The highest BCUT2D eigenvalue weighted by Crippen LogP contribution is 2.41. The van der Waals surface area contributed by atoms with E-state index < -0.39 is 0 Å². The SMILES string of the molecule is CCCNCC1CCC(C)(C)CC1COCC. The fourth-order valence-corrected chi connectivity index (χ4v) is 2.99. The summed E-state index contributed by atoms with van der Waals surface area (Å²) in [4.78, 5) is 0. The van der Waals surface area contributed by atoms with Gasteiger partial charge in [-0.3, -0.25) is 0 Å². The van der Waals surface area contributed by atoms with E-state index in [0.29, 0.717) is 5.41 Å². The van der Waals surface area contributed by atoms with Gasteiger partial charge in [0.05, 0.1) is 0 Å². The molecule has 1 aliphatic carbocycles. The van der Waals surface area contributed by atoms with Gasteiger partial charge in [0.25, 0.3) is 0 Å². The normalized spacial score (nSPS) is 28.2. The second-order valence-electron chi connectivity index (χ2n) is 6.29. The van der Waals surface area contributed by atoms with Gasteiger partial charge < -0.3 is 10.1 Å². The number of rotatable bonds is 7. The third-order valence-electron chi connectivity index (χ3n) is 4.04. The summed E-state index contributed by atoms with van der Waals surface area (Å²) in [5.74, 6) is 1.57. The van der Waals surface area contributed by atoms with Gasteiger partial charge in [-0.15, -0.1) is 0 Å². The average Bonchev–Trinajstić information content (AvgIpc) is 2.28. The number of nitrogens with one attached hydrogen (secondary N) is 1. The van der Waals surface area contributed by atoms with Crippen LogP contribution < -0.4 is 5.32 Å². The molecule has 0 amide bonds. The van der Waals surface area contributed by atoms with E-state index >= 15 is 0 Å². The van der Waals surface area contributed by atoms with Crippen LogP contribution in [0.15, 0.2) is 0 Å². The maximum Gasteiger partial charge on any atom is 0.0497 e. The molecule has 2 heteroatoms. The van der Waals surface area contributed by atoms with Gasteiger partial charge in [0, 0.05) is 13.2 Å². The minimum absolute atomic E-state index is 0.517. The standard InChI is InChI=1S/C15H31NO/c1-5-9-16-11-13-7-8-15(3,4)10-14(13)12-17-6-2/h13-14,16H,5-12H2,1-4H3. The van der Waals surface area contributed by atoms with Crippen LogP contribution >= 0.6 is 0 Å². The highest BCUT2D eigenvalue weighted by Gasteiger charge is 2.34. The Balaban J connectivity index is 2.42. The zero-order chi connectivity index (χ0) is 12.7. The average molecular weight is 241 g/mol.